The molecule has 1 unspecified atom stereocenters. The molecule has 5 rings (SSSR count). The molecule has 4 N–H and O–H groups in total. The minimum absolute atomic E-state index is 0. The van der Waals surface area contributed by atoms with Crippen molar-refractivity contribution in [2.45, 2.75) is 265 Å². The van der Waals surface area contributed by atoms with Gasteiger partial charge in [-0.15, -0.1) is 0 Å². The number of carbonyl (C=O) groups excluding carboxylic acids is 4. The van der Waals surface area contributed by atoms with Gasteiger partial charge in [-0.25, -0.2) is 17.9 Å². The number of sulfonamides is 1. The van der Waals surface area contributed by atoms with Crippen molar-refractivity contribution in [3.63, 3.8) is 0 Å². The van der Waals surface area contributed by atoms with Gasteiger partial charge in [0.2, 0.25) is 10.0 Å². The average Bonchev–Trinajstić information content (AvgIpc) is 1.86. The van der Waals surface area contributed by atoms with Crippen molar-refractivity contribution in [2.75, 3.05) is 41.0 Å². The minimum Gasteiger partial charge on any atom is -0.461 e. The van der Waals surface area contributed by atoms with Crippen LogP contribution in [0.2, 0.25) is 0 Å². The summed E-state index contributed by atoms with van der Waals surface area (Å²) in [4.78, 5) is 68.0. The molecule has 4 aliphatic rings. The number of aliphatic hydroxyl groups is 2. The number of cyclic esters (lactones) is 1. The Kier molecular flexibility index (Phi) is 29.4. The third-order valence-corrected chi connectivity index (χ3v) is 18.9. The lowest BCUT2D eigenvalue weighted by Gasteiger charge is -2.45. The molecular weight excluding hydrogens is 1180 g/mol. The number of benzene rings is 1. The number of oxime groups is 1. The van der Waals surface area contributed by atoms with Crippen molar-refractivity contribution >= 4 is 39.6 Å². The SMILES string of the molecule is C.CO/N=C1\C[C@@H](C)O[C@@H](O[C@@H]2[C@@H](C)[C@H](O[C@H]3CC(C)N(C(C)C)C[C@H](C)O3)[C@@H](C)C(=O)O[C@H]([C@@H](C)CO[C@@H]3O[C@H](C)[C@@H](O)[C@@H](OC)[C@H]3OC)[C@H](C)[C@@H](OC(=O)CC(C)C)[C@@H](C)C(=O)[C@@](C)(OC(=O)NC(C)(C)CNS(=O)(=O)c3ccccc3)C[C@@H]2C)[C@@H]1O. The molecule has 4 aliphatic heterocycles. The summed E-state index contributed by atoms with van der Waals surface area (Å²) >= 11 is 0. The van der Waals surface area contributed by atoms with Gasteiger partial charge in [-0.2, -0.15) is 0 Å². The molecule has 0 radical (unpaired) electrons. The minimum atomic E-state index is -4.03. The third-order valence-electron chi connectivity index (χ3n) is 17.5. The van der Waals surface area contributed by atoms with E-state index >= 15 is 9.59 Å². The van der Waals surface area contributed by atoms with Crippen LogP contribution in [0, 0.1) is 41.4 Å². The lowest BCUT2D eigenvalue weighted by molar-refractivity contribution is -0.305. The quantitative estimate of drug-likeness (QED) is 0.0538. The molecule has 0 aromatic heterocycles. The van der Waals surface area contributed by atoms with Gasteiger partial charge in [0, 0.05) is 76.4 Å². The van der Waals surface area contributed by atoms with E-state index in [-0.39, 0.29) is 74.6 Å². The van der Waals surface area contributed by atoms with E-state index in [1.54, 1.807) is 80.5 Å². The molecule has 4 heterocycles. The van der Waals surface area contributed by atoms with Gasteiger partial charge in [0.25, 0.3) is 0 Å². The maximum absolute atomic E-state index is 16.1. The topological polar surface area (TPSA) is 293 Å². The van der Waals surface area contributed by atoms with Crippen molar-refractivity contribution in [1.29, 1.82) is 0 Å². The Balaban J connectivity index is 0.0000169. The highest BCUT2D eigenvalue weighted by molar-refractivity contribution is 7.89. The number of rotatable bonds is 21. The second-order valence-corrected chi connectivity index (χ2v) is 28.4. The molecule has 1 amide bonds. The fraction of sp³-hybridized carbons (Fsp3) is 0.828. The number of esters is 2. The summed E-state index contributed by atoms with van der Waals surface area (Å²) in [5.74, 6) is -8.11. The first-order valence-corrected chi connectivity index (χ1v) is 32.7. The van der Waals surface area contributed by atoms with Crippen LogP contribution in [0.25, 0.3) is 0 Å². The fourth-order valence-corrected chi connectivity index (χ4v) is 14.1. The van der Waals surface area contributed by atoms with Gasteiger partial charge in [-0.3, -0.25) is 19.3 Å². The van der Waals surface area contributed by atoms with Crippen LogP contribution in [0.1, 0.15) is 151 Å². The second-order valence-electron chi connectivity index (χ2n) is 26.7. The van der Waals surface area contributed by atoms with Crippen LogP contribution < -0.4 is 10.0 Å². The Morgan fingerprint density at radius 3 is 2.06 bits per heavy atom. The molecule has 22 atom stereocenters. The van der Waals surface area contributed by atoms with Gasteiger partial charge in [-0.1, -0.05) is 79.2 Å². The van der Waals surface area contributed by atoms with Gasteiger partial charge in [-0.05, 0) is 99.6 Å². The summed E-state index contributed by atoms with van der Waals surface area (Å²) in [5.41, 5.74) is -3.19. The molecule has 1 aromatic rings. The van der Waals surface area contributed by atoms with Crippen molar-refractivity contribution < 1.29 is 94.8 Å². The highest BCUT2D eigenvalue weighted by Gasteiger charge is 2.53. The predicted octanol–water partition coefficient (Wildman–Crippen LogP) is 7.18. The molecule has 0 aliphatic carbocycles. The van der Waals surface area contributed by atoms with E-state index in [4.69, 9.17) is 56.9 Å². The van der Waals surface area contributed by atoms with Gasteiger partial charge in [0.05, 0.1) is 65.1 Å². The summed E-state index contributed by atoms with van der Waals surface area (Å²) in [7, 11) is 0.207. The molecule has 4 saturated heterocycles. The number of hydrogen-bond donors (Lipinski definition) is 4. The number of alkyl carbamates (subject to hydrolysis) is 1. The van der Waals surface area contributed by atoms with E-state index in [9.17, 15) is 28.2 Å². The number of carbonyl (C=O) groups is 4. The number of methoxy groups -OCH3 is 2. The van der Waals surface area contributed by atoms with E-state index < -0.39 is 160 Å². The first-order chi connectivity index (χ1) is 41.1. The molecule has 25 heteroatoms. The third kappa shape index (κ3) is 20.5. The zero-order valence-electron chi connectivity index (χ0n) is 55.7. The van der Waals surface area contributed by atoms with E-state index in [0.29, 0.717) is 13.0 Å². The summed E-state index contributed by atoms with van der Waals surface area (Å²) in [5, 5.41) is 29.8. The Morgan fingerprint density at radius 1 is 0.820 bits per heavy atom. The van der Waals surface area contributed by atoms with Gasteiger partial charge in [0.1, 0.15) is 43.7 Å². The number of aliphatic hydroxyl groups excluding tert-OH is 2. The zero-order valence-corrected chi connectivity index (χ0v) is 56.5. The summed E-state index contributed by atoms with van der Waals surface area (Å²) in [6.07, 6.45) is -14.7. The smallest absolute Gasteiger partial charge is 0.408 e. The van der Waals surface area contributed by atoms with E-state index in [1.807, 2.05) is 27.7 Å². The van der Waals surface area contributed by atoms with E-state index in [0.717, 1.165) is 0 Å². The molecular formula is C64H110N4O20S. The Bertz CT molecular complexity index is 2550. The molecule has 0 spiro atoms. The van der Waals surface area contributed by atoms with Crippen molar-refractivity contribution in [3.8, 4) is 0 Å². The van der Waals surface area contributed by atoms with Crippen LogP contribution in [0.4, 0.5) is 4.79 Å². The van der Waals surface area contributed by atoms with Crippen LogP contribution >= 0.6 is 0 Å². The molecule has 89 heavy (non-hydrogen) atoms. The number of hydrogen-bond acceptors (Lipinski definition) is 22. The molecule has 0 bridgehead atoms. The van der Waals surface area contributed by atoms with Crippen LogP contribution in [0.5, 0.6) is 0 Å². The normalized spacial score (nSPS) is 36.7. The first-order valence-electron chi connectivity index (χ1n) is 31.2. The van der Waals surface area contributed by atoms with E-state index in [2.05, 4.69) is 40.9 Å². The molecule has 1 aromatic carbocycles. The van der Waals surface area contributed by atoms with Crippen molar-refractivity contribution in [1.82, 2.24) is 14.9 Å². The zero-order chi connectivity index (χ0) is 65.9. The summed E-state index contributed by atoms with van der Waals surface area (Å²) in [6.45, 7) is 30.5. The highest BCUT2D eigenvalue weighted by atomic mass is 32.2. The Labute approximate surface area is 530 Å². The lowest BCUT2D eigenvalue weighted by Crippen LogP contribution is -2.59. The maximum Gasteiger partial charge on any atom is 0.408 e. The standard InChI is InChI=1S/C63H106N4O20S.CH4/c1-33(2)26-47(68)83-53-41(11)52(36(6)31-79-60-56(77-19)55(76-18)49(69)44(14)82-60)85-58(72)43(13)54(84-48-27-37(7)67(34(3)4)30-39(9)80-48)40(10)51(86-59-50(70)46(66-78-20)28-38(8)81-59)35(5)29-63(17,57(71)42(53)12)87-61(73)65-62(15,16)32-64-88(74,75)45-24-22-21-23-25-45;/h21-25,33-44,48-56,59-60,64,69-70H,26-32H2,1-20H3,(H,65,73);1H4/b66-46+;/t35-,36-,37?,38+,39-,40+,41-,42+,43+,44+,48-,49+,50+,51-,52+,53+,54-,55+,56+,59-,60+,63-;/m0./s1. The van der Waals surface area contributed by atoms with Crippen molar-refractivity contribution in [2.24, 2.45) is 46.6 Å². The number of nitrogens with zero attached hydrogens (tertiary/aromatic N) is 2. The average molecular weight is 1290 g/mol. The predicted molar refractivity (Wildman–Crippen MR) is 332 cm³/mol. The Hall–Kier alpha value is -3.96. The molecule has 512 valence electrons. The van der Waals surface area contributed by atoms with Gasteiger partial charge < -0.3 is 72.5 Å². The van der Waals surface area contributed by atoms with Crippen LogP contribution in [-0.4, -0.2) is 203 Å². The second kappa shape index (κ2) is 33.7. The summed E-state index contributed by atoms with van der Waals surface area (Å²) < 4.78 is 100. The number of nitrogens with one attached hydrogen (secondary N) is 2. The van der Waals surface area contributed by atoms with Crippen LogP contribution in [-0.2, 0) is 81.3 Å². The fourth-order valence-electron chi connectivity index (χ4n) is 12.8. The molecule has 24 nitrogen and oxygen atoms in total. The monoisotopic (exact) mass is 1290 g/mol. The van der Waals surface area contributed by atoms with E-state index in [1.165, 1.54) is 40.4 Å². The number of ether oxygens (including phenoxy) is 11. The molecule has 4 fully saturated rings. The highest BCUT2D eigenvalue weighted by Crippen LogP contribution is 2.41. The molecule has 0 saturated carbocycles. The number of amides is 1. The Morgan fingerprint density at radius 2 is 1.46 bits per heavy atom. The summed E-state index contributed by atoms with van der Waals surface area (Å²) in [6, 6.07) is 7.87. The largest absolute Gasteiger partial charge is 0.461 e. The maximum atomic E-state index is 16.1. The number of Topliss-reactive ketones (excluding diaryl/α,β-unsaturated/α-hetero) is 1. The first kappa shape index (κ1) is 77.5. The number of ketones is 1. The van der Waals surface area contributed by atoms with Crippen LogP contribution in [0.15, 0.2) is 40.4 Å². The van der Waals surface area contributed by atoms with Crippen LogP contribution in [0.3, 0.4) is 0 Å². The lowest BCUT2D eigenvalue weighted by atomic mass is 9.74. The van der Waals surface area contributed by atoms with Crippen molar-refractivity contribution in [3.05, 3.63) is 30.3 Å². The van der Waals surface area contributed by atoms with Gasteiger partial charge in [0.15, 0.2) is 30.3 Å². The van der Waals surface area contributed by atoms with Gasteiger partial charge >= 0.3 is 18.0 Å².